The van der Waals surface area contributed by atoms with Crippen molar-refractivity contribution in [2.24, 2.45) is 0 Å². The molecular formula is C14H20F4N2O. The van der Waals surface area contributed by atoms with Gasteiger partial charge in [0.15, 0.2) is 0 Å². The molecule has 0 saturated carbocycles. The molecule has 0 heterocycles. The van der Waals surface area contributed by atoms with Gasteiger partial charge in [0.2, 0.25) is 0 Å². The maximum Gasteiger partial charge on any atom is 0.390 e. The fraction of sp³-hybridized carbons (Fsp3) is 0.571. The van der Waals surface area contributed by atoms with Crippen LogP contribution in [0.1, 0.15) is 12.0 Å². The Morgan fingerprint density at radius 2 is 2.00 bits per heavy atom. The highest BCUT2D eigenvalue weighted by atomic mass is 19.4. The maximum absolute atomic E-state index is 13.9. The van der Waals surface area contributed by atoms with Gasteiger partial charge in [-0.15, -0.1) is 0 Å². The van der Waals surface area contributed by atoms with Gasteiger partial charge in [0, 0.05) is 45.0 Å². The Kier molecular flexibility index (Phi) is 6.91. The van der Waals surface area contributed by atoms with Gasteiger partial charge in [-0.1, -0.05) is 6.07 Å². The van der Waals surface area contributed by atoms with Gasteiger partial charge in [-0.05, 0) is 12.1 Å². The fourth-order valence-electron chi connectivity index (χ4n) is 1.88. The number of anilines is 1. The van der Waals surface area contributed by atoms with E-state index in [1.54, 1.807) is 13.2 Å². The fourth-order valence-corrected chi connectivity index (χ4v) is 1.88. The Hall–Kier alpha value is -1.34. The van der Waals surface area contributed by atoms with Crippen molar-refractivity contribution in [3.63, 3.8) is 0 Å². The van der Waals surface area contributed by atoms with E-state index in [2.05, 4.69) is 5.32 Å². The number of hydrogen-bond donors (Lipinski definition) is 1. The van der Waals surface area contributed by atoms with Crippen molar-refractivity contribution < 1.29 is 22.3 Å². The lowest BCUT2D eigenvalue weighted by Crippen LogP contribution is -2.27. The molecule has 0 aromatic heterocycles. The highest BCUT2D eigenvalue weighted by molar-refractivity contribution is 5.53. The molecule has 0 unspecified atom stereocenters. The second kappa shape index (κ2) is 8.19. The zero-order valence-electron chi connectivity index (χ0n) is 12.1. The molecule has 0 aliphatic carbocycles. The third kappa shape index (κ3) is 6.31. The Morgan fingerprint density at radius 3 is 2.62 bits per heavy atom. The van der Waals surface area contributed by atoms with Crippen molar-refractivity contribution in [3.8, 4) is 0 Å². The minimum Gasteiger partial charge on any atom is -0.383 e. The van der Waals surface area contributed by atoms with E-state index in [0.29, 0.717) is 24.4 Å². The molecule has 0 atom stereocenters. The number of methoxy groups -OCH3 is 1. The number of hydrogen-bond acceptors (Lipinski definition) is 3. The molecular weight excluding hydrogens is 288 g/mol. The summed E-state index contributed by atoms with van der Waals surface area (Å²) < 4.78 is 55.6. The lowest BCUT2D eigenvalue weighted by atomic mass is 10.1. The summed E-state index contributed by atoms with van der Waals surface area (Å²) in [4.78, 5) is 1.42. The van der Waals surface area contributed by atoms with Crippen LogP contribution in [-0.2, 0) is 11.3 Å². The number of alkyl halides is 3. The molecule has 21 heavy (non-hydrogen) atoms. The molecule has 0 aliphatic rings. The molecule has 1 N–H and O–H groups in total. The van der Waals surface area contributed by atoms with Crippen LogP contribution in [-0.4, -0.2) is 40.0 Å². The Balaban J connectivity index is 2.73. The van der Waals surface area contributed by atoms with E-state index in [1.807, 2.05) is 0 Å². The summed E-state index contributed by atoms with van der Waals surface area (Å²) in [7, 11) is 3.08. The van der Waals surface area contributed by atoms with Crippen molar-refractivity contribution >= 4 is 5.69 Å². The third-order valence-corrected chi connectivity index (χ3v) is 3.02. The molecule has 0 radical (unpaired) electrons. The van der Waals surface area contributed by atoms with E-state index in [9.17, 15) is 17.6 Å². The van der Waals surface area contributed by atoms with E-state index in [4.69, 9.17) is 4.74 Å². The van der Waals surface area contributed by atoms with Crippen LogP contribution in [0, 0.1) is 5.82 Å². The van der Waals surface area contributed by atoms with E-state index in [0.717, 1.165) is 0 Å². The molecule has 1 rings (SSSR count). The Morgan fingerprint density at radius 1 is 1.29 bits per heavy atom. The van der Waals surface area contributed by atoms with Crippen LogP contribution in [0.3, 0.4) is 0 Å². The number of ether oxygens (including phenoxy) is 1. The highest BCUT2D eigenvalue weighted by Crippen LogP contribution is 2.25. The Labute approximate surface area is 121 Å². The number of benzene rings is 1. The molecule has 0 spiro atoms. The minimum absolute atomic E-state index is 0.210. The third-order valence-electron chi connectivity index (χ3n) is 3.02. The molecule has 0 bridgehead atoms. The summed E-state index contributed by atoms with van der Waals surface area (Å²) in [5, 5.41) is 3.00. The van der Waals surface area contributed by atoms with Crippen LogP contribution in [0.4, 0.5) is 23.2 Å². The van der Waals surface area contributed by atoms with Gasteiger partial charge >= 0.3 is 6.18 Å². The molecule has 0 amide bonds. The van der Waals surface area contributed by atoms with Crippen LogP contribution in [0.15, 0.2) is 18.2 Å². The number of nitrogens with zero attached hydrogens (tertiary/aromatic N) is 1. The molecule has 1 aromatic rings. The average Bonchev–Trinajstić information content (AvgIpc) is 2.41. The summed E-state index contributed by atoms with van der Waals surface area (Å²) in [5.74, 6) is -0.434. The molecule has 3 nitrogen and oxygen atoms in total. The highest BCUT2D eigenvalue weighted by Gasteiger charge is 2.27. The van der Waals surface area contributed by atoms with Crippen LogP contribution in [0.5, 0.6) is 0 Å². The normalized spacial score (nSPS) is 11.7. The number of nitrogens with one attached hydrogen (secondary N) is 1. The monoisotopic (exact) mass is 308 g/mol. The zero-order chi connectivity index (χ0) is 15.9. The molecule has 0 fully saturated rings. The van der Waals surface area contributed by atoms with E-state index >= 15 is 0 Å². The van der Waals surface area contributed by atoms with E-state index in [1.165, 1.54) is 24.1 Å². The molecule has 0 saturated heterocycles. The van der Waals surface area contributed by atoms with Crippen molar-refractivity contribution in [1.29, 1.82) is 0 Å². The first-order valence-electron chi connectivity index (χ1n) is 6.60. The topological polar surface area (TPSA) is 24.5 Å². The van der Waals surface area contributed by atoms with Gasteiger partial charge in [-0.25, -0.2) is 4.39 Å². The van der Waals surface area contributed by atoms with Gasteiger partial charge in [-0.3, -0.25) is 0 Å². The predicted octanol–water partition coefficient (Wildman–Crippen LogP) is 2.95. The second-order valence-corrected chi connectivity index (χ2v) is 4.69. The molecule has 120 valence electrons. The van der Waals surface area contributed by atoms with Gasteiger partial charge in [0.05, 0.1) is 13.0 Å². The second-order valence-electron chi connectivity index (χ2n) is 4.69. The SMILES string of the molecule is COCCNCc1c(F)cccc1N(C)CCC(F)(F)F. The summed E-state index contributed by atoms with van der Waals surface area (Å²) in [6.45, 7) is 1.05. The van der Waals surface area contributed by atoms with Crippen LogP contribution >= 0.6 is 0 Å². The smallest absolute Gasteiger partial charge is 0.383 e. The van der Waals surface area contributed by atoms with Gasteiger partial charge < -0.3 is 15.0 Å². The minimum atomic E-state index is -4.22. The largest absolute Gasteiger partial charge is 0.390 e. The summed E-state index contributed by atoms with van der Waals surface area (Å²) in [5.41, 5.74) is 0.822. The number of halogens is 4. The predicted molar refractivity (Wildman–Crippen MR) is 73.9 cm³/mol. The van der Waals surface area contributed by atoms with Gasteiger partial charge in [-0.2, -0.15) is 13.2 Å². The summed E-state index contributed by atoms with van der Waals surface area (Å²) >= 11 is 0. The first-order chi connectivity index (χ1) is 9.85. The van der Waals surface area contributed by atoms with Crippen LogP contribution in [0.25, 0.3) is 0 Å². The summed E-state index contributed by atoms with van der Waals surface area (Å²) in [6.07, 6.45) is -5.16. The van der Waals surface area contributed by atoms with Crippen molar-refractivity contribution in [2.75, 3.05) is 38.8 Å². The van der Waals surface area contributed by atoms with Crippen LogP contribution < -0.4 is 10.2 Å². The molecule has 7 heteroatoms. The van der Waals surface area contributed by atoms with E-state index in [-0.39, 0.29) is 13.1 Å². The van der Waals surface area contributed by atoms with Crippen LogP contribution in [0.2, 0.25) is 0 Å². The Bertz CT molecular complexity index is 437. The van der Waals surface area contributed by atoms with Crippen molar-refractivity contribution in [1.82, 2.24) is 5.32 Å². The van der Waals surface area contributed by atoms with Crippen molar-refractivity contribution in [2.45, 2.75) is 19.1 Å². The van der Waals surface area contributed by atoms with Gasteiger partial charge in [0.1, 0.15) is 5.82 Å². The quantitative estimate of drug-likeness (QED) is 0.590. The van der Waals surface area contributed by atoms with E-state index < -0.39 is 18.4 Å². The summed E-state index contributed by atoms with van der Waals surface area (Å²) in [6, 6.07) is 4.41. The number of rotatable bonds is 8. The standard InChI is InChI=1S/C14H20F4N2O/c1-20(8-6-14(16,17)18)13-5-3-4-12(15)11(13)10-19-7-9-21-2/h3-5,19H,6-10H2,1-2H3. The zero-order valence-corrected chi connectivity index (χ0v) is 12.1. The molecule has 1 aromatic carbocycles. The first-order valence-corrected chi connectivity index (χ1v) is 6.60. The molecule has 0 aliphatic heterocycles. The lowest BCUT2D eigenvalue weighted by molar-refractivity contribution is -0.132. The van der Waals surface area contributed by atoms with Gasteiger partial charge in [0.25, 0.3) is 0 Å². The van der Waals surface area contributed by atoms with Crippen molar-refractivity contribution in [3.05, 3.63) is 29.6 Å². The first kappa shape index (κ1) is 17.7. The lowest BCUT2D eigenvalue weighted by Gasteiger charge is -2.23. The average molecular weight is 308 g/mol. The maximum atomic E-state index is 13.9.